The maximum Gasteiger partial charge on any atom is 0.226 e. The molecule has 3 aromatic rings. The average Bonchev–Trinajstić information content (AvgIpc) is 3.03. The Morgan fingerprint density at radius 3 is 2.47 bits per heavy atom. The molecule has 1 heterocycles. The van der Waals surface area contributed by atoms with Crippen LogP contribution in [-0.2, 0) is 23.0 Å². The van der Waals surface area contributed by atoms with Crippen LogP contribution in [0.1, 0.15) is 16.8 Å². The van der Waals surface area contributed by atoms with Gasteiger partial charge in [0.15, 0.2) is 6.61 Å². The number of rotatable bonds is 11. The normalized spacial score (nSPS) is 11.0. The second-order valence-corrected chi connectivity index (χ2v) is 6.65. The fraction of sp³-hybridized carbons (Fsp3) is 0.304. The second-order valence-electron chi connectivity index (χ2n) is 6.65. The highest BCUT2D eigenvalue weighted by Crippen LogP contribution is 2.25. The number of hydrogen-bond donors (Lipinski definition) is 0. The Kier molecular flexibility index (Phi) is 7.86. The Morgan fingerprint density at radius 1 is 0.967 bits per heavy atom. The summed E-state index contributed by atoms with van der Waals surface area (Å²) in [6, 6.07) is 17.5. The smallest absolute Gasteiger partial charge is 0.226 e. The molecule has 0 bridgehead atoms. The number of methoxy groups -OCH3 is 1. The van der Waals surface area contributed by atoms with E-state index in [4.69, 9.17) is 19.0 Å². The van der Waals surface area contributed by atoms with Crippen LogP contribution in [0.15, 0.2) is 59.8 Å². The average molecular weight is 409 g/mol. The van der Waals surface area contributed by atoms with E-state index in [9.17, 15) is 0 Å². The van der Waals surface area contributed by atoms with Crippen molar-refractivity contribution in [1.82, 2.24) is 9.78 Å². The van der Waals surface area contributed by atoms with Crippen LogP contribution >= 0.6 is 0 Å². The first kappa shape index (κ1) is 21.4. The number of para-hydroxylation sites is 1. The summed E-state index contributed by atoms with van der Waals surface area (Å²) in [6.07, 6.45) is 2.50. The van der Waals surface area contributed by atoms with Gasteiger partial charge in [-0.2, -0.15) is 5.10 Å². The van der Waals surface area contributed by atoms with Crippen molar-refractivity contribution in [1.29, 1.82) is 0 Å². The molecule has 0 fully saturated rings. The largest absolute Gasteiger partial charge is 0.490 e. The third-order valence-electron chi connectivity index (χ3n) is 4.39. The van der Waals surface area contributed by atoms with Crippen molar-refractivity contribution in [2.75, 3.05) is 26.9 Å². The predicted molar refractivity (Wildman–Crippen MR) is 116 cm³/mol. The SMILES string of the molecule is COCCc1ccc(OCCON=Cc2c(C)nn(C)c2Oc2ccccc2)cc1. The first-order valence-corrected chi connectivity index (χ1v) is 9.80. The lowest BCUT2D eigenvalue weighted by Gasteiger charge is -2.07. The zero-order chi connectivity index (χ0) is 21.2. The van der Waals surface area contributed by atoms with Gasteiger partial charge in [-0.05, 0) is 43.2 Å². The van der Waals surface area contributed by atoms with Gasteiger partial charge in [0.05, 0.1) is 24.1 Å². The van der Waals surface area contributed by atoms with Crippen molar-refractivity contribution in [3.63, 3.8) is 0 Å². The van der Waals surface area contributed by atoms with Crippen molar-refractivity contribution in [3.05, 3.63) is 71.4 Å². The molecule has 1 aromatic heterocycles. The lowest BCUT2D eigenvalue weighted by Crippen LogP contribution is -2.04. The highest BCUT2D eigenvalue weighted by atomic mass is 16.6. The quantitative estimate of drug-likeness (QED) is 0.271. The van der Waals surface area contributed by atoms with Crippen molar-refractivity contribution in [2.45, 2.75) is 13.3 Å². The van der Waals surface area contributed by atoms with E-state index in [0.717, 1.165) is 29.2 Å². The summed E-state index contributed by atoms with van der Waals surface area (Å²) in [6.45, 7) is 3.34. The maximum atomic E-state index is 5.95. The van der Waals surface area contributed by atoms with Crippen LogP contribution in [0.3, 0.4) is 0 Å². The van der Waals surface area contributed by atoms with E-state index < -0.39 is 0 Å². The Balaban J connectivity index is 1.48. The Hall–Kier alpha value is -3.32. The van der Waals surface area contributed by atoms with Crippen molar-refractivity contribution in [2.24, 2.45) is 12.2 Å². The highest BCUT2D eigenvalue weighted by molar-refractivity contribution is 5.84. The van der Waals surface area contributed by atoms with Gasteiger partial charge in [0, 0.05) is 14.2 Å². The van der Waals surface area contributed by atoms with Crippen molar-refractivity contribution >= 4 is 6.21 Å². The molecule has 0 N–H and O–H groups in total. The van der Waals surface area contributed by atoms with E-state index in [1.165, 1.54) is 5.56 Å². The molecule has 0 saturated heterocycles. The Bertz CT molecular complexity index is 937. The molecule has 0 aliphatic rings. The molecule has 7 nitrogen and oxygen atoms in total. The number of aryl methyl sites for hydroxylation is 2. The number of oxime groups is 1. The third kappa shape index (κ3) is 6.09. The van der Waals surface area contributed by atoms with Gasteiger partial charge < -0.3 is 19.0 Å². The summed E-state index contributed by atoms with van der Waals surface area (Å²) in [4.78, 5) is 5.34. The van der Waals surface area contributed by atoms with Crippen LogP contribution in [0.25, 0.3) is 0 Å². The van der Waals surface area contributed by atoms with Crippen molar-refractivity contribution in [3.8, 4) is 17.4 Å². The standard InChI is InChI=1S/C23H27N3O4/c1-18-22(23(26(2)25-18)30-21-7-5-4-6-8-21)17-24-29-16-15-28-20-11-9-19(10-12-20)13-14-27-3/h4-12,17H,13-16H2,1-3H3. The molecular weight excluding hydrogens is 382 g/mol. The first-order valence-electron chi connectivity index (χ1n) is 9.80. The molecule has 0 aliphatic carbocycles. The zero-order valence-corrected chi connectivity index (χ0v) is 17.6. The van der Waals surface area contributed by atoms with Gasteiger partial charge in [0.25, 0.3) is 0 Å². The molecule has 2 aromatic carbocycles. The van der Waals surface area contributed by atoms with Gasteiger partial charge in [-0.3, -0.25) is 0 Å². The maximum absolute atomic E-state index is 5.95. The van der Waals surface area contributed by atoms with E-state index in [2.05, 4.69) is 10.3 Å². The van der Waals surface area contributed by atoms with Crippen molar-refractivity contribution < 1.29 is 19.0 Å². The Morgan fingerprint density at radius 2 is 1.73 bits per heavy atom. The number of aromatic nitrogens is 2. The summed E-state index contributed by atoms with van der Waals surface area (Å²) in [7, 11) is 3.53. The van der Waals surface area contributed by atoms with Gasteiger partial charge in [-0.1, -0.05) is 35.5 Å². The lowest BCUT2D eigenvalue weighted by atomic mass is 10.1. The van der Waals surface area contributed by atoms with Crippen LogP contribution in [0.4, 0.5) is 0 Å². The van der Waals surface area contributed by atoms with E-state index in [1.807, 2.05) is 68.6 Å². The fourth-order valence-electron chi connectivity index (χ4n) is 2.83. The summed E-state index contributed by atoms with van der Waals surface area (Å²) >= 11 is 0. The molecule has 7 heteroatoms. The second kappa shape index (κ2) is 11.0. The minimum absolute atomic E-state index is 0.329. The van der Waals surface area contributed by atoms with E-state index >= 15 is 0 Å². The molecule has 0 radical (unpaired) electrons. The van der Waals surface area contributed by atoms with Gasteiger partial charge >= 0.3 is 0 Å². The van der Waals surface area contributed by atoms with Crippen LogP contribution in [-0.4, -0.2) is 42.9 Å². The summed E-state index contributed by atoms with van der Waals surface area (Å²) < 4.78 is 18.4. The summed E-state index contributed by atoms with van der Waals surface area (Å²) in [5, 5.41) is 8.44. The molecule has 0 amide bonds. The number of hydrogen-bond acceptors (Lipinski definition) is 6. The van der Waals surface area contributed by atoms with Gasteiger partial charge in [0.1, 0.15) is 18.1 Å². The number of nitrogens with zero attached hydrogens (tertiary/aromatic N) is 3. The molecule has 30 heavy (non-hydrogen) atoms. The molecule has 0 spiro atoms. The summed E-state index contributed by atoms with van der Waals surface area (Å²) in [5.41, 5.74) is 2.79. The fourth-order valence-corrected chi connectivity index (χ4v) is 2.83. The molecule has 0 unspecified atom stereocenters. The minimum atomic E-state index is 0.329. The molecule has 0 aliphatic heterocycles. The van der Waals surface area contributed by atoms with Gasteiger partial charge in [-0.25, -0.2) is 4.68 Å². The van der Waals surface area contributed by atoms with Crippen LogP contribution in [0, 0.1) is 6.92 Å². The van der Waals surface area contributed by atoms with Gasteiger partial charge in [-0.15, -0.1) is 0 Å². The van der Waals surface area contributed by atoms with E-state index in [0.29, 0.717) is 25.7 Å². The van der Waals surface area contributed by atoms with Gasteiger partial charge in [0.2, 0.25) is 5.88 Å². The monoisotopic (exact) mass is 409 g/mol. The zero-order valence-electron chi connectivity index (χ0n) is 17.6. The molecule has 3 rings (SSSR count). The minimum Gasteiger partial charge on any atom is -0.490 e. The number of benzene rings is 2. The van der Waals surface area contributed by atoms with Crippen LogP contribution in [0.2, 0.25) is 0 Å². The lowest BCUT2D eigenvalue weighted by molar-refractivity contribution is 0.108. The first-order chi connectivity index (χ1) is 14.7. The topological polar surface area (TPSA) is 67.1 Å². The van der Waals surface area contributed by atoms with E-state index in [-0.39, 0.29) is 0 Å². The molecule has 0 atom stereocenters. The molecule has 158 valence electrons. The molecule has 0 saturated carbocycles. The Labute approximate surface area is 176 Å². The number of ether oxygens (including phenoxy) is 3. The van der Waals surface area contributed by atoms with E-state index in [1.54, 1.807) is 18.0 Å². The predicted octanol–water partition coefficient (Wildman–Crippen LogP) is 4.14. The van der Waals surface area contributed by atoms with Crippen LogP contribution < -0.4 is 9.47 Å². The summed E-state index contributed by atoms with van der Waals surface area (Å²) in [5.74, 6) is 2.14. The highest BCUT2D eigenvalue weighted by Gasteiger charge is 2.14. The van der Waals surface area contributed by atoms with Crippen LogP contribution in [0.5, 0.6) is 17.4 Å². The third-order valence-corrected chi connectivity index (χ3v) is 4.39. The molecular formula is C23H27N3O4.